The number of halogens is 1. The molecule has 0 radical (unpaired) electrons. The van der Waals surface area contributed by atoms with Crippen LogP contribution in [0.15, 0.2) is 18.2 Å². The van der Waals surface area contributed by atoms with Crippen molar-refractivity contribution in [3.8, 4) is 5.75 Å². The Morgan fingerprint density at radius 3 is 2.67 bits per heavy atom. The standard InChI is InChI=1S/C25H35FN2O5/c1-25(2,3)33-24(30)27-19-7-5-13-28-20(19)14-31-17-11-9-16(10-12-17)23-18(26)6-4-8-21(23)32-15-22(28)29/h4,6,8,16-17,19-20H,5,7,9-15H2,1-3H3,(H,27,30)/t16-,17+,19-,20-/m0/s1. The fourth-order valence-electron chi connectivity index (χ4n) is 5.21. The minimum Gasteiger partial charge on any atom is -0.483 e. The van der Waals surface area contributed by atoms with Crippen LogP contribution in [-0.2, 0) is 14.3 Å². The third kappa shape index (κ3) is 5.78. The van der Waals surface area contributed by atoms with E-state index in [-0.39, 0.29) is 42.4 Å². The molecule has 1 saturated carbocycles. The van der Waals surface area contributed by atoms with Gasteiger partial charge in [-0.3, -0.25) is 4.79 Å². The monoisotopic (exact) mass is 462 g/mol. The van der Waals surface area contributed by atoms with E-state index in [2.05, 4.69) is 5.32 Å². The van der Waals surface area contributed by atoms with Gasteiger partial charge in [-0.1, -0.05) is 6.07 Å². The van der Waals surface area contributed by atoms with Crippen LogP contribution in [0.2, 0.25) is 0 Å². The van der Waals surface area contributed by atoms with E-state index in [9.17, 15) is 14.0 Å². The zero-order chi connectivity index (χ0) is 23.6. The maximum Gasteiger partial charge on any atom is 0.407 e. The molecule has 1 N–H and O–H groups in total. The normalized spacial score (nSPS) is 28.4. The Kier molecular flexibility index (Phi) is 7.12. The van der Waals surface area contributed by atoms with E-state index in [1.807, 2.05) is 20.8 Å². The molecule has 0 spiro atoms. The highest BCUT2D eigenvalue weighted by Crippen LogP contribution is 2.40. The van der Waals surface area contributed by atoms with Crippen LogP contribution in [0.25, 0.3) is 0 Å². The highest BCUT2D eigenvalue weighted by atomic mass is 19.1. The molecule has 1 saturated heterocycles. The highest BCUT2D eigenvalue weighted by molar-refractivity contribution is 5.78. The molecule has 2 atom stereocenters. The molecule has 33 heavy (non-hydrogen) atoms. The van der Waals surface area contributed by atoms with Gasteiger partial charge in [-0.2, -0.15) is 0 Å². The molecule has 7 nitrogen and oxygen atoms in total. The Bertz CT molecular complexity index is 863. The molecule has 5 rings (SSSR count). The van der Waals surface area contributed by atoms with Crippen molar-refractivity contribution in [2.24, 2.45) is 0 Å². The molecule has 0 unspecified atom stereocenters. The second-order valence-corrected chi connectivity index (χ2v) is 10.3. The molecule has 4 aliphatic rings. The van der Waals surface area contributed by atoms with Crippen LogP contribution in [0.3, 0.4) is 0 Å². The van der Waals surface area contributed by atoms with E-state index in [1.165, 1.54) is 6.07 Å². The van der Waals surface area contributed by atoms with Gasteiger partial charge < -0.3 is 24.4 Å². The molecule has 1 aromatic rings. The lowest BCUT2D eigenvalue weighted by molar-refractivity contribution is -0.140. The van der Waals surface area contributed by atoms with Crippen molar-refractivity contribution in [3.05, 3.63) is 29.6 Å². The Labute approximate surface area is 194 Å². The maximum atomic E-state index is 14.7. The summed E-state index contributed by atoms with van der Waals surface area (Å²) in [5, 5.41) is 2.96. The summed E-state index contributed by atoms with van der Waals surface area (Å²) in [5.41, 5.74) is -0.0346. The van der Waals surface area contributed by atoms with Gasteiger partial charge >= 0.3 is 6.09 Å². The number of nitrogens with zero attached hydrogens (tertiary/aromatic N) is 1. The molecule has 3 heterocycles. The number of benzene rings is 1. The van der Waals surface area contributed by atoms with Crippen molar-refractivity contribution < 1.29 is 28.2 Å². The Morgan fingerprint density at radius 2 is 1.94 bits per heavy atom. The van der Waals surface area contributed by atoms with E-state index in [0.717, 1.165) is 38.5 Å². The van der Waals surface area contributed by atoms with E-state index >= 15 is 0 Å². The fraction of sp³-hybridized carbons (Fsp3) is 0.680. The SMILES string of the molecule is CC(C)(C)OC(=O)N[C@H]1CCCN2C(=O)COc3cccc(F)c3[C@H]3CC[C@H](CC3)OC[C@@H]12. The number of hydrogen-bond acceptors (Lipinski definition) is 5. The summed E-state index contributed by atoms with van der Waals surface area (Å²) in [6, 6.07) is 4.24. The molecule has 2 fully saturated rings. The van der Waals surface area contributed by atoms with Crippen LogP contribution >= 0.6 is 0 Å². The van der Waals surface area contributed by atoms with Crippen molar-refractivity contribution in [1.29, 1.82) is 0 Å². The van der Waals surface area contributed by atoms with Gasteiger partial charge in [-0.05, 0) is 77.3 Å². The summed E-state index contributed by atoms with van der Waals surface area (Å²) < 4.78 is 32.3. The lowest BCUT2D eigenvalue weighted by Crippen LogP contribution is -2.60. The Balaban J connectivity index is 1.56. The molecule has 2 amide bonds. The van der Waals surface area contributed by atoms with Crippen LogP contribution in [0, 0.1) is 5.82 Å². The summed E-state index contributed by atoms with van der Waals surface area (Å²) in [4.78, 5) is 27.4. The third-order valence-corrected chi connectivity index (χ3v) is 6.75. The maximum absolute atomic E-state index is 14.7. The van der Waals surface area contributed by atoms with Crippen LogP contribution in [0.5, 0.6) is 5.75 Å². The molecule has 182 valence electrons. The third-order valence-electron chi connectivity index (χ3n) is 6.75. The van der Waals surface area contributed by atoms with Gasteiger partial charge in [-0.15, -0.1) is 0 Å². The predicted molar refractivity (Wildman–Crippen MR) is 121 cm³/mol. The van der Waals surface area contributed by atoms with Gasteiger partial charge in [0.25, 0.3) is 5.91 Å². The van der Waals surface area contributed by atoms with Crippen LogP contribution < -0.4 is 10.1 Å². The average molecular weight is 463 g/mol. The first-order chi connectivity index (χ1) is 15.7. The smallest absolute Gasteiger partial charge is 0.407 e. The first kappa shape index (κ1) is 23.8. The fourth-order valence-corrected chi connectivity index (χ4v) is 5.21. The van der Waals surface area contributed by atoms with E-state index in [4.69, 9.17) is 14.2 Å². The number of piperidine rings is 1. The molecule has 8 heteroatoms. The summed E-state index contributed by atoms with van der Waals surface area (Å²) in [7, 11) is 0. The number of amides is 2. The Hall–Kier alpha value is -2.35. The summed E-state index contributed by atoms with van der Waals surface area (Å²) in [6.45, 7) is 6.18. The molecule has 0 aromatic heterocycles. The van der Waals surface area contributed by atoms with Gasteiger partial charge in [0.1, 0.15) is 17.2 Å². The number of nitrogens with one attached hydrogen (secondary N) is 1. The first-order valence-corrected chi connectivity index (χ1v) is 12.0. The van der Waals surface area contributed by atoms with Crippen LogP contribution in [-0.4, -0.2) is 60.4 Å². The van der Waals surface area contributed by atoms with E-state index in [1.54, 1.807) is 17.0 Å². The second kappa shape index (κ2) is 9.87. The molecular weight excluding hydrogens is 427 g/mol. The molecule has 1 aromatic carbocycles. The molecule has 3 aliphatic heterocycles. The number of carbonyl (C=O) groups excluding carboxylic acids is 2. The number of rotatable bonds is 1. The minimum absolute atomic E-state index is 0.0548. The lowest BCUT2D eigenvalue weighted by atomic mass is 9.82. The number of alkyl carbamates (subject to hydrolysis) is 1. The van der Waals surface area contributed by atoms with Crippen molar-refractivity contribution in [2.45, 2.75) is 89.0 Å². The summed E-state index contributed by atoms with van der Waals surface area (Å²) in [6.07, 6.45) is 4.31. The molecular formula is C25H35FN2O5. The van der Waals surface area contributed by atoms with Gasteiger partial charge in [0.2, 0.25) is 0 Å². The zero-order valence-corrected chi connectivity index (χ0v) is 19.8. The van der Waals surface area contributed by atoms with E-state index < -0.39 is 11.7 Å². The average Bonchev–Trinajstić information content (AvgIpc) is 2.76. The van der Waals surface area contributed by atoms with Crippen LogP contribution in [0.1, 0.15) is 70.8 Å². The topological polar surface area (TPSA) is 77.1 Å². The van der Waals surface area contributed by atoms with Gasteiger partial charge in [0.15, 0.2) is 6.61 Å². The second-order valence-electron chi connectivity index (χ2n) is 10.3. The van der Waals surface area contributed by atoms with Gasteiger partial charge in [0, 0.05) is 12.1 Å². The summed E-state index contributed by atoms with van der Waals surface area (Å²) >= 11 is 0. The predicted octanol–water partition coefficient (Wildman–Crippen LogP) is 4.15. The lowest BCUT2D eigenvalue weighted by Gasteiger charge is -2.42. The van der Waals surface area contributed by atoms with Crippen molar-refractivity contribution in [3.63, 3.8) is 0 Å². The van der Waals surface area contributed by atoms with E-state index in [0.29, 0.717) is 24.5 Å². The summed E-state index contributed by atoms with van der Waals surface area (Å²) in [5.74, 6) is 0.0304. The first-order valence-electron chi connectivity index (χ1n) is 12.0. The molecule has 2 bridgehead atoms. The number of hydrogen-bond donors (Lipinski definition) is 1. The van der Waals surface area contributed by atoms with Crippen molar-refractivity contribution >= 4 is 12.0 Å². The van der Waals surface area contributed by atoms with Crippen molar-refractivity contribution in [1.82, 2.24) is 10.2 Å². The Morgan fingerprint density at radius 1 is 1.18 bits per heavy atom. The number of ether oxygens (including phenoxy) is 3. The number of fused-ring (bicyclic) bond motifs is 5. The highest BCUT2D eigenvalue weighted by Gasteiger charge is 2.38. The quantitative estimate of drug-likeness (QED) is 0.679. The largest absolute Gasteiger partial charge is 0.483 e. The van der Waals surface area contributed by atoms with Crippen LogP contribution in [0.4, 0.5) is 9.18 Å². The van der Waals surface area contributed by atoms with Gasteiger partial charge in [-0.25, -0.2) is 9.18 Å². The number of carbonyl (C=O) groups is 2. The van der Waals surface area contributed by atoms with Crippen molar-refractivity contribution in [2.75, 3.05) is 19.8 Å². The minimum atomic E-state index is -0.606. The van der Waals surface area contributed by atoms with Gasteiger partial charge in [0.05, 0.1) is 24.8 Å². The zero-order valence-electron chi connectivity index (χ0n) is 19.8. The molecule has 1 aliphatic carbocycles.